The van der Waals surface area contributed by atoms with Gasteiger partial charge in [-0.15, -0.1) is 0 Å². The Morgan fingerprint density at radius 2 is 1.63 bits per heavy atom. The van der Waals surface area contributed by atoms with E-state index >= 15 is 0 Å². The first-order valence-corrected chi connectivity index (χ1v) is 13.7. The normalized spacial score (nSPS) is 18.6. The van der Waals surface area contributed by atoms with Crippen LogP contribution in [0.1, 0.15) is 25.7 Å². The lowest BCUT2D eigenvalue weighted by atomic mass is 9.79. The van der Waals surface area contributed by atoms with E-state index in [1.807, 2.05) is 18.2 Å². The lowest BCUT2D eigenvalue weighted by molar-refractivity contribution is 0.183. The fourth-order valence-electron chi connectivity index (χ4n) is 5.57. The van der Waals surface area contributed by atoms with Gasteiger partial charge >= 0.3 is 0 Å². The molecule has 0 bridgehead atoms. The van der Waals surface area contributed by atoms with Gasteiger partial charge in [-0.2, -0.15) is 4.31 Å². The second kappa shape index (κ2) is 9.65. The van der Waals surface area contributed by atoms with Gasteiger partial charge in [0.1, 0.15) is 0 Å². The smallest absolute Gasteiger partial charge is 0.257 e. The maximum absolute atomic E-state index is 13.1. The highest BCUT2D eigenvalue weighted by molar-refractivity contribution is 7.89. The number of hydrogen-bond donors (Lipinski definition) is 1. The molecule has 0 amide bonds. The molecule has 2 aromatic carbocycles. The summed E-state index contributed by atoms with van der Waals surface area (Å²) in [5.74, 6) is 1.06. The molecule has 2 aliphatic rings. The maximum atomic E-state index is 13.1. The molecular weight excluding hydrogens is 484 g/mol. The maximum Gasteiger partial charge on any atom is 0.257 e. The van der Waals surface area contributed by atoms with Crippen LogP contribution in [0.4, 0.5) is 11.4 Å². The number of nitrogens with one attached hydrogen (secondary N) is 1. The number of nitrogens with zero attached hydrogens (tertiary/aromatic N) is 3. The van der Waals surface area contributed by atoms with Gasteiger partial charge in [-0.3, -0.25) is 4.79 Å². The third kappa shape index (κ3) is 4.56. The lowest BCUT2D eigenvalue weighted by Crippen LogP contribution is -2.42. The van der Waals surface area contributed by atoms with Crippen LogP contribution in [0.25, 0.3) is 15.6 Å². The summed E-state index contributed by atoms with van der Waals surface area (Å²) < 4.78 is 27.8. The van der Waals surface area contributed by atoms with Crippen LogP contribution < -0.4 is 10.5 Å². The number of piperidine rings is 2. The summed E-state index contributed by atoms with van der Waals surface area (Å²) in [5, 5.41) is 1.83. The van der Waals surface area contributed by atoms with Crippen LogP contribution in [-0.4, -0.2) is 43.9 Å². The van der Waals surface area contributed by atoms with Crippen molar-refractivity contribution in [3.63, 3.8) is 0 Å². The molecular formula is C26H27ClN4O3S. The third-order valence-corrected chi connectivity index (χ3v) is 9.73. The summed E-state index contributed by atoms with van der Waals surface area (Å²) in [7, 11) is -3.65. The minimum absolute atomic E-state index is 0.109. The molecule has 0 aliphatic carbocycles. The van der Waals surface area contributed by atoms with Crippen molar-refractivity contribution in [1.82, 2.24) is 9.29 Å². The number of H-pyrrole nitrogens is 1. The van der Waals surface area contributed by atoms with E-state index in [0.717, 1.165) is 49.8 Å². The summed E-state index contributed by atoms with van der Waals surface area (Å²) in [4.78, 5) is 20.6. The number of aromatic amines is 1. The van der Waals surface area contributed by atoms with Crippen molar-refractivity contribution in [3.05, 3.63) is 75.5 Å². The molecule has 2 fully saturated rings. The van der Waals surface area contributed by atoms with E-state index in [1.54, 1.807) is 28.7 Å². The molecule has 3 heterocycles. The van der Waals surface area contributed by atoms with Gasteiger partial charge in [-0.1, -0.05) is 35.9 Å². The Bertz CT molecular complexity index is 1450. The molecule has 182 valence electrons. The number of fused-ring (bicyclic) bond motifs is 1. The molecule has 35 heavy (non-hydrogen) atoms. The summed E-state index contributed by atoms with van der Waals surface area (Å²) >= 11 is 6.43. The summed E-state index contributed by atoms with van der Waals surface area (Å²) in [6.07, 6.45) is 5.42. The predicted molar refractivity (Wildman–Crippen MR) is 139 cm³/mol. The van der Waals surface area contributed by atoms with Gasteiger partial charge in [-0.05, 0) is 61.1 Å². The Hall–Kier alpha value is -2.86. The Labute approximate surface area is 210 Å². The zero-order chi connectivity index (χ0) is 24.6. The van der Waals surface area contributed by atoms with Crippen molar-refractivity contribution in [2.75, 3.05) is 31.1 Å². The molecule has 2 saturated heterocycles. The molecule has 5 rings (SSSR count). The number of anilines is 1. The number of aromatic nitrogens is 1. The average molecular weight is 511 g/mol. The second-order valence-corrected chi connectivity index (χ2v) is 11.7. The standard InChI is InChI=1S/C26H27ClN4O3S/c1-28-23-4-2-3-5-24(23)35(33,34)31-14-9-19(10-15-31)18-7-12-30(13-8-18)21-16-20-6-11-29-26(32)25(20)22(27)17-21/h2-6,11,16-19H,7-10,12-15H2,(H,29,32). The van der Waals surface area contributed by atoms with Crippen molar-refractivity contribution in [1.29, 1.82) is 0 Å². The SMILES string of the molecule is [C-]#[N+]c1ccccc1S(=O)(=O)N1CCC(C2CCN(c3cc(Cl)c4c(=O)[nH]ccc4c3)CC2)CC1. The molecule has 9 heteroatoms. The first-order valence-electron chi connectivity index (χ1n) is 11.9. The Kier molecular flexibility index (Phi) is 6.58. The van der Waals surface area contributed by atoms with Gasteiger partial charge in [0.05, 0.1) is 21.9 Å². The zero-order valence-corrected chi connectivity index (χ0v) is 20.9. The topological polar surface area (TPSA) is 77.8 Å². The van der Waals surface area contributed by atoms with E-state index in [4.69, 9.17) is 18.2 Å². The number of halogens is 1. The second-order valence-electron chi connectivity index (χ2n) is 9.34. The van der Waals surface area contributed by atoms with Gasteiger partial charge in [0.2, 0.25) is 15.7 Å². The van der Waals surface area contributed by atoms with Crippen LogP contribution >= 0.6 is 11.6 Å². The van der Waals surface area contributed by atoms with Gasteiger partial charge in [-0.25, -0.2) is 13.3 Å². The molecule has 1 aromatic heterocycles. The minimum atomic E-state index is -3.65. The van der Waals surface area contributed by atoms with Crippen LogP contribution in [0.5, 0.6) is 0 Å². The molecule has 0 spiro atoms. The van der Waals surface area contributed by atoms with Crippen LogP contribution in [0.15, 0.2) is 58.4 Å². The summed E-state index contributed by atoms with van der Waals surface area (Å²) in [5.41, 5.74) is 1.04. The first kappa shape index (κ1) is 23.9. The predicted octanol–water partition coefficient (Wildman–Crippen LogP) is 5.05. The van der Waals surface area contributed by atoms with Crippen LogP contribution in [0.3, 0.4) is 0 Å². The van der Waals surface area contributed by atoms with Crippen molar-refractivity contribution >= 4 is 43.8 Å². The van der Waals surface area contributed by atoms with Crippen LogP contribution in [-0.2, 0) is 10.0 Å². The van der Waals surface area contributed by atoms with E-state index in [-0.39, 0.29) is 16.1 Å². The average Bonchev–Trinajstić information content (AvgIpc) is 2.88. The quantitative estimate of drug-likeness (QED) is 0.498. The van der Waals surface area contributed by atoms with Crippen LogP contribution in [0.2, 0.25) is 5.02 Å². The molecule has 1 N–H and O–H groups in total. The summed E-state index contributed by atoms with van der Waals surface area (Å²) in [6.45, 7) is 10.1. The first-order chi connectivity index (χ1) is 16.9. The molecule has 7 nitrogen and oxygen atoms in total. The highest BCUT2D eigenvalue weighted by Crippen LogP contribution is 2.37. The van der Waals surface area contributed by atoms with E-state index < -0.39 is 10.0 Å². The largest absolute Gasteiger partial charge is 0.371 e. The minimum Gasteiger partial charge on any atom is -0.371 e. The van der Waals surface area contributed by atoms with Crippen molar-refractivity contribution in [2.24, 2.45) is 11.8 Å². The lowest BCUT2D eigenvalue weighted by Gasteiger charge is -2.40. The Morgan fingerprint density at radius 1 is 0.971 bits per heavy atom. The molecule has 0 atom stereocenters. The number of sulfonamides is 1. The number of para-hydroxylation sites is 1. The Balaban J connectivity index is 1.21. The van der Waals surface area contributed by atoms with Gasteiger partial charge in [0.15, 0.2) is 0 Å². The molecule has 0 unspecified atom stereocenters. The highest BCUT2D eigenvalue weighted by atomic mass is 35.5. The van der Waals surface area contributed by atoms with Gasteiger partial charge < -0.3 is 9.88 Å². The molecule has 0 saturated carbocycles. The fourth-order valence-corrected chi connectivity index (χ4v) is 7.47. The Morgan fingerprint density at radius 3 is 2.31 bits per heavy atom. The number of hydrogen-bond acceptors (Lipinski definition) is 4. The zero-order valence-electron chi connectivity index (χ0n) is 19.3. The van der Waals surface area contributed by atoms with Crippen molar-refractivity contribution in [2.45, 2.75) is 30.6 Å². The van der Waals surface area contributed by atoms with E-state index in [9.17, 15) is 13.2 Å². The van der Waals surface area contributed by atoms with Crippen molar-refractivity contribution < 1.29 is 8.42 Å². The van der Waals surface area contributed by atoms with Gasteiger partial charge in [0.25, 0.3) is 5.56 Å². The van der Waals surface area contributed by atoms with Crippen molar-refractivity contribution in [3.8, 4) is 0 Å². The number of benzene rings is 2. The number of pyridine rings is 1. The summed E-state index contributed by atoms with van der Waals surface area (Å²) in [6, 6.07) is 12.2. The monoisotopic (exact) mass is 510 g/mol. The molecule has 2 aliphatic heterocycles. The van der Waals surface area contributed by atoms with Gasteiger partial charge in [0, 0.05) is 38.1 Å². The fraction of sp³-hybridized carbons (Fsp3) is 0.385. The van der Waals surface area contributed by atoms with E-state index in [1.165, 1.54) is 6.07 Å². The van der Waals surface area contributed by atoms with E-state index in [2.05, 4.69) is 14.7 Å². The third-order valence-electron chi connectivity index (χ3n) is 7.48. The number of rotatable bonds is 4. The highest BCUT2D eigenvalue weighted by Gasteiger charge is 2.34. The molecule has 3 aromatic rings. The molecule has 0 radical (unpaired) electrons. The van der Waals surface area contributed by atoms with E-state index in [0.29, 0.717) is 35.3 Å². The van der Waals surface area contributed by atoms with Crippen LogP contribution in [0, 0.1) is 18.4 Å².